The van der Waals surface area contributed by atoms with Crippen LogP contribution >= 0.6 is 11.6 Å². The van der Waals surface area contributed by atoms with Crippen molar-refractivity contribution in [1.82, 2.24) is 9.88 Å². The third-order valence-electron chi connectivity index (χ3n) is 3.64. The van der Waals surface area contributed by atoms with Gasteiger partial charge in [-0.25, -0.2) is 4.98 Å². The number of nitrogens with zero attached hydrogens (tertiary/aromatic N) is 2. The number of halogens is 1. The molecule has 4 heteroatoms. The number of benzene rings is 1. The highest BCUT2D eigenvalue weighted by atomic mass is 35.5. The number of hydrogen-bond acceptors (Lipinski definition) is 2. The number of hydrogen-bond donors (Lipinski definition) is 0. The van der Waals surface area contributed by atoms with E-state index >= 15 is 0 Å². The van der Waals surface area contributed by atoms with Gasteiger partial charge in [0.2, 0.25) is 0 Å². The highest BCUT2D eigenvalue weighted by Crippen LogP contribution is 2.23. The van der Waals surface area contributed by atoms with E-state index in [1.54, 1.807) is 4.90 Å². The van der Waals surface area contributed by atoms with Crippen LogP contribution in [-0.2, 0) is 0 Å². The minimum absolute atomic E-state index is 0.0543. The Morgan fingerprint density at radius 2 is 2.15 bits per heavy atom. The molecule has 2 aromatic rings. The van der Waals surface area contributed by atoms with Gasteiger partial charge in [-0.15, -0.1) is 0 Å². The van der Waals surface area contributed by atoms with Gasteiger partial charge < -0.3 is 4.90 Å². The number of rotatable bonds is 1. The smallest absolute Gasteiger partial charge is 0.272 e. The summed E-state index contributed by atoms with van der Waals surface area (Å²) in [5.41, 5.74) is 1.75. The molecule has 0 aliphatic carbocycles. The number of aromatic nitrogens is 1. The Balaban J connectivity index is 1.96. The summed E-state index contributed by atoms with van der Waals surface area (Å²) in [6, 6.07) is 9.51. The summed E-state index contributed by atoms with van der Waals surface area (Å²) in [5, 5.41) is 2.20. The van der Waals surface area contributed by atoms with Gasteiger partial charge >= 0.3 is 0 Å². The van der Waals surface area contributed by atoms with Crippen molar-refractivity contribution >= 4 is 28.3 Å². The zero-order valence-corrected chi connectivity index (χ0v) is 12.0. The molecule has 0 bridgehead atoms. The van der Waals surface area contributed by atoms with E-state index in [0.717, 1.165) is 23.7 Å². The molecule has 1 aromatic heterocycles. The van der Waals surface area contributed by atoms with Crippen molar-refractivity contribution in [2.75, 3.05) is 13.1 Å². The Morgan fingerprint density at radius 3 is 2.90 bits per heavy atom. The fraction of sp³-hybridized carbons (Fsp3) is 0.250. The van der Waals surface area contributed by atoms with Crippen molar-refractivity contribution < 1.29 is 4.79 Å². The summed E-state index contributed by atoms with van der Waals surface area (Å²) >= 11 is 6.17. The Kier molecular flexibility index (Phi) is 3.45. The fourth-order valence-electron chi connectivity index (χ4n) is 2.38. The summed E-state index contributed by atoms with van der Waals surface area (Å²) < 4.78 is 0. The average Bonchev–Trinajstić information content (AvgIpc) is 2.47. The largest absolute Gasteiger partial charge is 0.333 e. The van der Waals surface area contributed by atoms with Crippen molar-refractivity contribution in [2.45, 2.75) is 13.3 Å². The zero-order chi connectivity index (χ0) is 14.1. The molecule has 0 fully saturated rings. The summed E-state index contributed by atoms with van der Waals surface area (Å²) in [4.78, 5) is 18.5. The number of carbonyl (C=O) groups excluding carboxylic acids is 1. The van der Waals surface area contributed by atoms with Gasteiger partial charge in [0, 0.05) is 18.5 Å². The van der Waals surface area contributed by atoms with E-state index in [4.69, 9.17) is 11.6 Å². The molecule has 102 valence electrons. The first-order valence-corrected chi connectivity index (χ1v) is 7.03. The van der Waals surface area contributed by atoms with E-state index in [0.29, 0.717) is 17.4 Å². The molecule has 20 heavy (non-hydrogen) atoms. The third-order valence-corrected chi connectivity index (χ3v) is 3.92. The highest BCUT2D eigenvalue weighted by Gasteiger charge is 2.19. The van der Waals surface area contributed by atoms with Crippen LogP contribution in [-0.4, -0.2) is 28.9 Å². The van der Waals surface area contributed by atoms with E-state index in [9.17, 15) is 4.79 Å². The first kappa shape index (κ1) is 13.1. The van der Waals surface area contributed by atoms with Crippen LogP contribution in [0.1, 0.15) is 23.8 Å². The van der Waals surface area contributed by atoms with Crippen LogP contribution in [0.25, 0.3) is 10.8 Å². The van der Waals surface area contributed by atoms with Crippen LogP contribution in [0.5, 0.6) is 0 Å². The predicted molar refractivity (Wildman–Crippen MR) is 81.0 cm³/mol. The molecule has 1 aliphatic rings. The van der Waals surface area contributed by atoms with Crippen molar-refractivity contribution in [3.05, 3.63) is 52.8 Å². The first-order valence-electron chi connectivity index (χ1n) is 6.65. The second-order valence-electron chi connectivity index (χ2n) is 5.07. The molecule has 0 unspecified atom stereocenters. The minimum Gasteiger partial charge on any atom is -0.333 e. The quantitative estimate of drug-likeness (QED) is 0.592. The molecule has 1 aromatic carbocycles. The van der Waals surface area contributed by atoms with Crippen molar-refractivity contribution in [3.8, 4) is 0 Å². The lowest BCUT2D eigenvalue weighted by Crippen LogP contribution is -2.35. The summed E-state index contributed by atoms with van der Waals surface area (Å²) in [6.07, 6.45) is 3.01. The van der Waals surface area contributed by atoms with Gasteiger partial charge in [-0.3, -0.25) is 4.79 Å². The molecule has 0 N–H and O–H groups in total. The Labute approximate surface area is 122 Å². The summed E-state index contributed by atoms with van der Waals surface area (Å²) in [5.74, 6) is -0.0543. The van der Waals surface area contributed by atoms with E-state index in [1.165, 1.54) is 5.57 Å². The molecule has 0 spiro atoms. The minimum atomic E-state index is -0.0543. The van der Waals surface area contributed by atoms with Gasteiger partial charge in [0.15, 0.2) is 0 Å². The maximum atomic E-state index is 12.5. The normalized spacial score (nSPS) is 15.3. The molecule has 0 atom stereocenters. The van der Waals surface area contributed by atoms with Gasteiger partial charge in [-0.05, 0) is 24.8 Å². The van der Waals surface area contributed by atoms with Crippen LogP contribution in [0.15, 0.2) is 42.0 Å². The number of fused-ring (bicyclic) bond motifs is 1. The van der Waals surface area contributed by atoms with Crippen molar-refractivity contribution in [2.24, 2.45) is 0 Å². The highest BCUT2D eigenvalue weighted by molar-refractivity contribution is 6.34. The van der Waals surface area contributed by atoms with E-state index < -0.39 is 0 Å². The Bertz CT molecular complexity index is 709. The maximum Gasteiger partial charge on any atom is 0.272 e. The monoisotopic (exact) mass is 286 g/mol. The summed E-state index contributed by atoms with van der Waals surface area (Å²) in [6.45, 7) is 3.48. The Morgan fingerprint density at radius 1 is 1.35 bits per heavy atom. The molecule has 2 heterocycles. The predicted octanol–water partition coefficient (Wildman–Crippen LogP) is 3.68. The van der Waals surface area contributed by atoms with Crippen LogP contribution in [0.3, 0.4) is 0 Å². The van der Waals surface area contributed by atoms with Gasteiger partial charge in [0.1, 0.15) is 10.8 Å². The van der Waals surface area contributed by atoms with Gasteiger partial charge in [0.25, 0.3) is 5.91 Å². The van der Waals surface area contributed by atoms with Crippen molar-refractivity contribution in [1.29, 1.82) is 0 Å². The fourth-order valence-corrected chi connectivity index (χ4v) is 2.65. The van der Waals surface area contributed by atoms with Gasteiger partial charge in [-0.2, -0.15) is 0 Å². The van der Waals surface area contributed by atoms with Crippen LogP contribution in [0.4, 0.5) is 0 Å². The molecule has 1 aliphatic heterocycles. The standard InChI is InChI=1S/C16H15ClN2O/c1-11-6-8-19(9-7-11)16(20)14-10-12-4-2-3-5-13(12)15(17)18-14/h2-6,10H,7-9H2,1H3. The zero-order valence-electron chi connectivity index (χ0n) is 11.3. The second kappa shape index (κ2) is 5.25. The molecular formula is C16H15ClN2O. The number of amides is 1. The first-order chi connectivity index (χ1) is 9.65. The van der Waals surface area contributed by atoms with E-state index in [-0.39, 0.29) is 5.91 Å². The Hall–Kier alpha value is -1.87. The van der Waals surface area contributed by atoms with Crippen LogP contribution in [0.2, 0.25) is 5.15 Å². The number of carbonyl (C=O) groups is 1. The third kappa shape index (κ3) is 2.41. The van der Waals surface area contributed by atoms with Crippen molar-refractivity contribution in [3.63, 3.8) is 0 Å². The molecule has 0 radical (unpaired) electrons. The SMILES string of the molecule is CC1=CCN(C(=O)c2cc3ccccc3c(Cl)n2)CC1. The summed E-state index contributed by atoms with van der Waals surface area (Å²) in [7, 11) is 0. The van der Waals surface area contributed by atoms with Gasteiger partial charge in [0.05, 0.1) is 0 Å². The van der Waals surface area contributed by atoms with E-state index in [2.05, 4.69) is 18.0 Å². The molecular weight excluding hydrogens is 272 g/mol. The number of pyridine rings is 1. The van der Waals surface area contributed by atoms with E-state index in [1.807, 2.05) is 30.3 Å². The lowest BCUT2D eigenvalue weighted by atomic mass is 10.1. The van der Waals surface area contributed by atoms with Gasteiger partial charge in [-0.1, -0.05) is 47.5 Å². The van der Waals surface area contributed by atoms with Crippen LogP contribution < -0.4 is 0 Å². The topological polar surface area (TPSA) is 33.2 Å². The second-order valence-corrected chi connectivity index (χ2v) is 5.43. The lowest BCUT2D eigenvalue weighted by molar-refractivity contribution is 0.0763. The molecule has 1 amide bonds. The average molecular weight is 287 g/mol. The molecule has 3 rings (SSSR count). The lowest BCUT2D eigenvalue weighted by Gasteiger charge is -2.25. The molecule has 3 nitrogen and oxygen atoms in total. The molecule has 0 saturated carbocycles. The molecule has 0 saturated heterocycles. The maximum absolute atomic E-state index is 12.5. The van der Waals surface area contributed by atoms with Crippen LogP contribution in [0, 0.1) is 0 Å².